The molecule has 0 aromatic heterocycles. The van der Waals surface area contributed by atoms with Crippen molar-refractivity contribution in [2.24, 2.45) is 5.92 Å². The lowest BCUT2D eigenvalue weighted by atomic mass is 9.98. The van der Waals surface area contributed by atoms with Crippen LogP contribution in [-0.2, 0) is 0 Å². The Labute approximate surface area is 100 Å². The largest absolute Gasteiger partial charge is 0.394 e. The standard InChI is InChI=1S/C13H28N2O/c1-11(2)9-15(4)8-7-13(3,10-16)14-12-5-6-12/h11-12,14,16H,5-10H2,1-4H3. The van der Waals surface area contributed by atoms with E-state index in [2.05, 4.69) is 38.0 Å². The van der Waals surface area contributed by atoms with E-state index in [0.29, 0.717) is 12.0 Å². The maximum atomic E-state index is 9.48. The Morgan fingerprint density at radius 3 is 2.50 bits per heavy atom. The fourth-order valence-corrected chi connectivity index (χ4v) is 2.07. The van der Waals surface area contributed by atoms with E-state index in [9.17, 15) is 5.11 Å². The van der Waals surface area contributed by atoms with Crippen molar-refractivity contribution in [1.82, 2.24) is 10.2 Å². The summed E-state index contributed by atoms with van der Waals surface area (Å²) in [4.78, 5) is 2.35. The van der Waals surface area contributed by atoms with E-state index in [-0.39, 0.29) is 12.1 Å². The summed E-state index contributed by atoms with van der Waals surface area (Å²) in [6.07, 6.45) is 3.57. The van der Waals surface area contributed by atoms with E-state index in [0.717, 1.165) is 19.5 Å². The summed E-state index contributed by atoms with van der Waals surface area (Å²) in [6.45, 7) is 9.03. The zero-order chi connectivity index (χ0) is 12.2. The van der Waals surface area contributed by atoms with Crippen LogP contribution >= 0.6 is 0 Å². The topological polar surface area (TPSA) is 35.5 Å². The normalized spacial score (nSPS) is 20.4. The van der Waals surface area contributed by atoms with Gasteiger partial charge in [-0.2, -0.15) is 0 Å². The van der Waals surface area contributed by atoms with Crippen LogP contribution < -0.4 is 5.32 Å². The number of aliphatic hydroxyl groups is 1. The molecule has 0 spiro atoms. The van der Waals surface area contributed by atoms with Crippen LogP contribution in [0, 0.1) is 5.92 Å². The van der Waals surface area contributed by atoms with Crippen molar-refractivity contribution in [1.29, 1.82) is 0 Å². The molecule has 2 N–H and O–H groups in total. The third kappa shape index (κ3) is 5.28. The van der Waals surface area contributed by atoms with E-state index in [4.69, 9.17) is 0 Å². The molecule has 3 heteroatoms. The monoisotopic (exact) mass is 228 g/mol. The van der Waals surface area contributed by atoms with E-state index in [1.807, 2.05) is 0 Å². The fraction of sp³-hybridized carbons (Fsp3) is 1.00. The van der Waals surface area contributed by atoms with Gasteiger partial charge in [0.15, 0.2) is 0 Å². The third-order valence-electron chi connectivity index (χ3n) is 3.20. The van der Waals surface area contributed by atoms with E-state index in [1.54, 1.807) is 0 Å². The second kappa shape index (κ2) is 5.99. The zero-order valence-electron chi connectivity index (χ0n) is 11.3. The molecule has 0 radical (unpaired) electrons. The van der Waals surface area contributed by atoms with Crippen LogP contribution in [0.15, 0.2) is 0 Å². The summed E-state index contributed by atoms with van der Waals surface area (Å²) in [5, 5.41) is 13.0. The average molecular weight is 228 g/mol. The highest BCUT2D eigenvalue weighted by molar-refractivity contribution is 4.92. The Bertz CT molecular complexity index is 204. The van der Waals surface area contributed by atoms with Crippen LogP contribution in [0.3, 0.4) is 0 Å². The molecule has 1 aliphatic rings. The van der Waals surface area contributed by atoms with Gasteiger partial charge in [0.05, 0.1) is 6.61 Å². The smallest absolute Gasteiger partial charge is 0.0611 e. The summed E-state index contributed by atoms with van der Waals surface area (Å²) in [7, 11) is 2.16. The first-order valence-corrected chi connectivity index (χ1v) is 6.52. The van der Waals surface area contributed by atoms with Gasteiger partial charge in [-0.15, -0.1) is 0 Å². The van der Waals surface area contributed by atoms with Gasteiger partial charge in [-0.05, 0) is 45.7 Å². The number of hydrogen-bond donors (Lipinski definition) is 2. The second-order valence-electron chi connectivity index (χ2n) is 6.04. The molecular weight excluding hydrogens is 200 g/mol. The number of hydrogen-bond acceptors (Lipinski definition) is 3. The molecule has 1 unspecified atom stereocenters. The molecule has 0 aromatic rings. The SMILES string of the molecule is CC(C)CN(C)CCC(C)(CO)NC1CC1. The highest BCUT2D eigenvalue weighted by Crippen LogP contribution is 2.23. The molecule has 0 heterocycles. The van der Waals surface area contributed by atoms with Gasteiger partial charge >= 0.3 is 0 Å². The van der Waals surface area contributed by atoms with Crippen molar-refractivity contribution in [3.05, 3.63) is 0 Å². The van der Waals surface area contributed by atoms with Gasteiger partial charge in [0, 0.05) is 18.1 Å². The molecule has 0 saturated heterocycles. The highest BCUT2D eigenvalue weighted by atomic mass is 16.3. The molecule has 0 amide bonds. The number of aliphatic hydroxyl groups excluding tert-OH is 1. The number of rotatable bonds is 8. The Hall–Kier alpha value is -0.120. The molecule has 0 bridgehead atoms. The van der Waals surface area contributed by atoms with Crippen LogP contribution in [-0.4, -0.2) is 48.3 Å². The first-order chi connectivity index (χ1) is 7.45. The summed E-state index contributed by atoms with van der Waals surface area (Å²) >= 11 is 0. The van der Waals surface area contributed by atoms with Gasteiger partial charge in [-0.3, -0.25) is 0 Å². The summed E-state index contributed by atoms with van der Waals surface area (Å²) in [5.74, 6) is 0.710. The number of nitrogens with zero attached hydrogens (tertiary/aromatic N) is 1. The van der Waals surface area contributed by atoms with Crippen LogP contribution in [0.25, 0.3) is 0 Å². The lowest BCUT2D eigenvalue weighted by Gasteiger charge is -2.31. The minimum Gasteiger partial charge on any atom is -0.394 e. The van der Waals surface area contributed by atoms with Gasteiger partial charge in [-0.1, -0.05) is 13.8 Å². The zero-order valence-corrected chi connectivity index (χ0v) is 11.3. The second-order valence-corrected chi connectivity index (χ2v) is 6.04. The Kier molecular flexibility index (Phi) is 5.22. The van der Waals surface area contributed by atoms with Crippen molar-refractivity contribution in [2.75, 3.05) is 26.7 Å². The first-order valence-electron chi connectivity index (χ1n) is 6.52. The predicted molar refractivity (Wildman–Crippen MR) is 68.6 cm³/mol. The maximum Gasteiger partial charge on any atom is 0.0611 e. The Morgan fingerprint density at radius 1 is 1.44 bits per heavy atom. The molecule has 1 rings (SSSR count). The van der Waals surface area contributed by atoms with Crippen molar-refractivity contribution in [2.45, 2.75) is 51.6 Å². The minimum absolute atomic E-state index is 0.0909. The van der Waals surface area contributed by atoms with E-state index < -0.39 is 0 Å². The average Bonchev–Trinajstić information content (AvgIpc) is 2.98. The Balaban J connectivity index is 2.25. The van der Waals surface area contributed by atoms with Crippen molar-refractivity contribution in [3.8, 4) is 0 Å². The number of nitrogens with one attached hydrogen (secondary N) is 1. The quantitative estimate of drug-likeness (QED) is 0.660. The third-order valence-corrected chi connectivity index (χ3v) is 3.20. The minimum atomic E-state index is -0.0909. The van der Waals surface area contributed by atoms with Gasteiger partial charge in [0.2, 0.25) is 0 Å². The lowest BCUT2D eigenvalue weighted by molar-refractivity contribution is 0.147. The molecule has 96 valence electrons. The highest BCUT2D eigenvalue weighted by Gasteiger charge is 2.31. The molecular formula is C13H28N2O. The van der Waals surface area contributed by atoms with Crippen molar-refractivity contribution in [3.63, 3.8) is 0 Å². The molecule has 0 aromatic carbocycles. The van der Waals surface area contributed by atoms with Gasteiger partial charge in [-0.25, -0.2) is 0 Å². The molecule has 1 fully saturated rings. The molecule has 1 saturated carbocycles. The fourth-order valence-electron chi connectivity index (χ4n) is 2.07. The summed E-state index contributed by atoms with van der Waals surface area (Å²) in [6, 6.07) is 0.660. The van der Waals surface area contributed by atoms with E-state index in [1.165, 1.54) is 12.8 Å². The molecule has 1 aliphatic carbocycles. The Morgan fingerprint density at radius 2 is 2.06 bits per heavy atom. The maximum absolute atomic E-state index is 9.48. The van der Waals surface area contributed by atoms with Crippen molar-refractivity contribution < 1.29 is 5.11 Å². The summed E-state index contributed by atoms with van der Waals surface area (Å²) in [5.41, 5.74) is -0.0909. The lowest BCUT2D eigenvalue weighted by Crippen LogP contribution is -2.49. The first kappa shape index (κ1) is 13.9. The van der Waals surface area contributed by atoms with Gasteiger partial charge < -0.3 is 15.3 Å². The van der Waals surface area contributed by atoms with E-state index >= 15 is 0 Å². The van der Waals surface area contributed by atoms with Gasteiger partial charge in [0.1, 0.15) is 0 Å². The molecule has 0 aliphatic heterocycles. The van der Waals surface area contributed by atoms with Crippen LogP contribution in [0.2, 0.25) is 0 Å². The van der Waals surface area contributed by atoms with Crippen LogP contribution in [0.4, 0.5) is 0 Å². The van der Waals surface area contributed by atoms with Crippen molar-refractivity contribution >= 4 is 0 Å². The molecule has 1 atom stereocenters. The molecule has 16 heavy (non-hydrogen) atoms. The van der Waals surface area contributed by atoms with Crippen LogP contribution in [0.1, 0.15) is 40.0 Å². The molecule has 3 nitrogen and oxygen atoms in total. The predicted octanol–water partition coefficient (Wildman–Crippen LogP) is 1.47. The van der Waals surface area contributed by atoms with Gasteiger partial charge in [0.25, 0.3) is 0 Å². The summed E-state index contributed by atoms with van der Waals surface area (Å²) < 4.78 is 0. The van der Waals surface area contributed by atoms with Crippen LogP contribution in [0.5, 0.6) is 0 Å².